The normalized spacial score (nSPS) is 36.0. The molecule has 0 amide bonds. The molecule has 2 atom stereocenters. The van der Waals surface area contributed by atoms with Crippen LogP contribution in [-0.4, -0.2) is 48.1 Å². The molecular weight excluding hydrogens is 128 g/mol. The van der Waals surface area contributed by atoms with Gasteiger partial charge in [0.2, 0.25) is 0 Å². The van der Waals surface area contributed by atoms with Crippen molar-refractivity contribution in [2.24, 2.45) is 0 Å². The largest absolute Gasteiger partial charge is 0.412 e. The van der Waals surface area contributed by atoms with Crippen molar-refractivity contribution in [3.05, 3.63) is 0 Å². The maximum atomic E-state index is 2.39. The Labute approximate surface area is 62.9 Å². The van der Waals surface area contributed by atoms with Crippen LogP contribution in [0.1, 0.15) is 13.8 Å². The summed E-state index contributed by atoms with van der Waals surface area (Å²) in [6, 6.07) is 0.727. The lowest BCUT2D eigenvalue weighted by molar-refractivity contribution is 0.192. The highest BCUT2D eigenvalue weighted by Gasteiger charge is 2.27. The highest BCUT2D eigenvalue weighted by Crippen LogP contribution is 2.14. The molecule has 2 unspecified atom stereocenters. The quantitative estimate of drug-likeness (QED) is 0.473. The minimum Gasteiger partial charge on any atom is -0.412 e. The first-order valence-electron chi connectivity index (χ1n) is 3.55. The Morgan fingerprint density at radius 1 is 1.20 bits per heavy atom. The molecule has 0 aliphatic carbocycles. The second kappa shape index (κ2) is 3.32. The minimum atomic E-state index is 0. The molecule has 3 heteroatoms. The van der Waals surface area contributed by atoms with Gasteiger partial charge in [-0.1, -0.05) is 0 Å². The fourth-order valence-electron chi connectivity index (χ4n) is 1.38. The van der Waals surface area contributed by atoms with Crippen LogP contribution in [0.2, 0.25) is 0 Å². The summed E-state index contributed by atoms with van der Waals surface area (Å²) in [6.45, 7) is 5.71. The van der Waals surface area contributed by atoms with Crippen molar-refractivity contribution in [2.75, 3.05) is 20.6 Å². The standard InChI is InChI=1S/C7H16N2.H2O/c1-6-5-8(3)7(2)9(6)4;/h6-7H,5H2,1-4H3;1H2. The molecule has 3 nitrogen and oxygen atoms in total. The van der Waals surface area contributed by atoms with Crippen molar-refractivity contribution in [1.82, 2.24) is 9.80 Å². The molecule has 1 aliphatic rings. The van der Waals surface area contributed by atoms with Crippen LogP contribution in [0.4, 0.5) is 0 Å². The van der Waals surface area contributed by atoms with Crippen LogP contribution in [0.25, 0.3) is 0 Å². The van der Waals surface area contributed by atoms with Gasteiger partial charge in [0.15, 0.2) is 0 Å². The Morgan fingerprint density at radius 3 is 1.80 bits per heavy atom. The topological polar surface area (TPSA) is 38.0 Å². The average Bonchev–Trinajstić information content (AvgIpc) is 1.98. The van der Waals surface area contributed by atoms with E-state index < -0.39 is 0 Å². The summed E-state index contributed by atoms with van der Waals surface area (Å²) in [6.07, 6.45) is 0.625. The van der Waals surface area contributed by atoms with E-state index >= 15 is 0 Å². The van der Waals surface area contributed by atoms with Crippen LogP contribution >= 0.6 is 0 Å². The zero-order chi connectivity index (χ0) is 7.02. The summed E-state index contributed by atoms with van der Waals surface area (Å²) >= 11 is 0. The molecule has 0 saturated carbocycles. The van der Waals surface area contributed by atoms with E-state index in [1.54, 1.807) is 0 Å². The zero-order valence-corrected chi connectivity index (χ0v) is 7.26. The molecular formula is C7H18N2O. The fourth-order valence-corrected chi connectivity index (χ4v) is 1.38. The third kappa shape index (κ3) is 1.48. The van der Waals surface area contributed by atoms with E-state index in [1.807, 2.05) is 0 Å². The van der Waals surface area contributed by atoms with Gasteiger partial charge in [0.05, 0.1) is 6.17 Å². The van der Waals surface area contributed by atoms with Crippen LogP contribution < -0.4 is 0 Å². The van der Waals surface area contributed by atoms with Crippen LogP contribution in [0.15, 0.2) is 0 Å². The highest BCUT2D eigenvalue weighted by atomic mass is 16.0. The van der Waals surface area contributed by atoms with Gasteiger partial charge in [-0.05, 0) is 27.9 Å². The van der Waals surface area contributed by atoms with Crippen LogP contribution in [0.3, 0.4) is 0 Å². The molecule has 62 valence electrons. The predicted molar refractivity (Wildman–Crippen MR) is 42.9 cm³/mol. The lowest BCUT2D eigenvalue weighted by atomic mass is 10.3. The summed E-state index contributed by atoms with van der Waals surface area (Å²) in [7, 11) is 4.35. The number of nitrogens with zero attached hydrogens (tertiary/aromatic N) is 2. The van der Waals surface area contributed by atoms with Gasteiger partial charge in [0, 0.05) is 12.6 Å². The van der Waals surface area contributed by atoms with Gasteiger partial charge in [-0.3, -0.25) is 9.80 Å². The predicted octanol–water partition coefficient (Wildman–Crippen LogP) is -0.227. The summed E-state index contributed by atoms with van der Waals surface area (Å²) in [4.78, 5) is 4.75. The minimum absolute atomic E-state index is 0. The molecule has 2 N–H and O–H groups in total. The van der Waals surface area contributed by atoms with E-state index in [4.69, 9.17) is 0 Å². The summed E-state index contributed by atoms with van der Waals surface area (Å²) in [5.74, 6) is 0. The Hall–Kier alpha value is -0.120. The van der Waals surface area contributed by atoms with Gasteiger partial charge in [0.25, 0.3) is 0 Å². The van der Waals surface area contributed by atoms with Gasteiger partial charge in [0.1, 0.15) is 0 Å². The summed E-state index contributed by atoms with van der Waals surface area (Å²) in [5.41, 5.74) is 0. The molecule has 1 rings (SSSR count). The zero-order valence-electron chi connectivity index (χ0n) is 7.26. The molecule has 1 fully saturated rings. The average molecular weight is 146 g/mol. The van der Waals surface area contributed by atoms with E-state index in [2.05, 4.69) is 37.7 Å². The fraction of sp³-hybridized carbons (Fsp3) is 1.00. The molecule has 1 saturated heterocycles. The maximum Gasteiger partial charge on any atom is 0.0591 e. The molecule has 10 heavy (non-hydrogen) atoms. The van der Waals surface area contributed by atoms with Crippen LogP contribution in [-0.2, 0) is 0 Å². The molecule has 0 aromatic carbocycles. The van der Waals surface area contributed by atoms with Gasteiger partial charge >= 0.3 is 0 Å². The van der Waals surface area contributed by atoms with E-state index in [0.29, 0.717) is 6.17 Å². The molecule has 0 spiro atoms. The van der Waals surface area contributed by atoms with Crippen LogP contribution in [0.5, 0.6) is 0 Å². The SMILES string of the molecule is CC1CN(C)C(C)N1C.O. The third-order valence-corrected chi connectivity index (χ3v) is 2.47. The second-order valence-corrected chi connectivity index (χ2v) is 3.09. The molecule has 1 heterocycles. The van der Waals surface area contributed by atoms with Crippen molar-refractivity contribution >= 4 is 0 Å². The molecule has 0 aromatic heterocycles. The highest BCUT2D eigenvalue weighted by molar-refractivity contribution is 4.80. The number of rotatable bonds is 0. The summed E-state index contributed by atoms with van der Waals surface area (Å²) < 4.78 is 0. The smallest absolute Gasteiger partial charge is 0.0591 e. The van der Waals surface area contributed by atoms with Crippen molar-refractivity contribution < 1.29 is 5.48 Å². The number of likely N-dealkylation sites (N-methyl/N-ethyl adjacent to an activating group) is 2. The van der Waals surface area contributed by atoms with Crippen molar-refractivity contribution in [2.45, 2.75) is 26.1 Å². The van der Waals surface area contributed by atoms with E-state index in [1.165, 1.54) is 6.54 Å². The van der Waals surface area contributed by atoms with Gasteiger partial charge < -0.3 is 5.48 Å². The van der Waals surface area contributed by atoms with Crippen molar-refractivity contribution in [3.63, 3.8) is 0 Å². The lowest BCUT2D eigenvalue weighted by Crippen LogP contribution is -2.32. The van der Waals surface area contributed by atoms with Gasteiger partial charge in [-0.2, -0.15) is 0 Å². The maximum absolute atomic E-state index is 2.39. The van der Waals surface area contributed by atoms with Gasteiger partial charge in [-0.15, -0.1) is 0 Å². The van der Waals surface area contributed by atoms with Crippen molar-refractivity contribution in [1.29, 1.82) is 0 Å². The Morgan fingerprint density at radius 2 is 1.70 bits per heavy atom. The Kier molecular flexibility index (Phi) is 3.28. The third-order valence-electron chi connectivity index (χ3n) is 2.47. The first-order chi connectivity index (χ1) is 4.13. The number of hydrogen-bond acceptors (Lipinski definition) is 2. The molecule has 0 radical (unpaired) electrons. The lowest BCUT2D eigenvalue weighted by Gasteiger charge is -2.21. The number of hydrogen-bond donors (Lipinski definition) is 0. The van der Waals surface area contributed by atoms with Crippen LogP contribution in [0, 0.1) is 0 Å². The Bertz CT molecular complexity index is 95.8. The molecule has 0 bridgehead atoms. The van der Waals surface area contributed by atoms with Gasteiger partial charge in [-0.25, -0.2) is 0 Å². The van der Waals surface area contributed by atoms with E-state index in [9.17, 15) is 0 Å². The first kappa shape index (κ1) is 9.88. The molecule has 0 aromatic rings. The second-order valence-electron chi connectivity index (χ2n) is 3.09. The monoisotopic (exact) mass is 146 g/mol. The van der Waals surface area contributed by atoms with Crippen molar-refractivity contribution in [3.8, 4) is 0 Å². The van der Waals surface area contributed by atoms with E-state index in [-0.39, 0.29) is 5.48 Å². The Balaban J connectivity index is 0.000000810. The molecule has 1 aliphatic heterocycles. The first-order valence-corrected chi connectivity index (χ1v) is 3.55. The van der Waals surface area contributed by atoms with E-state index in [0.717, 1.165) is 6.04 Å². The summed E-state index contributed by atoms with van der Waals surface area (Å²) in [5, 5.41) is 0.